The van der Waals surface area contributed by atoms with Gasteiger partial charge in [-0.3, -0.25) is 19.2 Å². The van der Waals surface area contributed by atoms with Crippen molar-refractivity contribution < 1.29 is 0 Å². The quantitative estimate of drug-likeness (QED) is 0.379. The molecule has 0 heterocycles. The van der Waals surface area contributed by atoms with Crippen LogP contribution in [0.25, 0.3) is 13.2 Å². The first-order valence-electron chi connectivity index (χ1n) is 3.02. The first kappa shape index (κ1) is 8.26. The summed E-state index contributed by atoms with van der Waals surface area (Å²) in [5, 5.41) is -1.14. The Morgan fingerprint density at radius 1 is 0.583 bits per heavy atom. The zero-order chi connectivity index (χ0) is 9.46. The molecule has 0 N–H and O–H groups in total. The van der Waals surface area contributed by atoms with Crippen LogP contribution in [0, 0.1) is 0 Å². The van der Waals surface area contributed by atoms with Gasteiger partial charge in [0.15, 0.2) is 0 Å². The molecule has 12 heavy (non-hydrogen) atoms. The Hall–Kier alpha value is -1.84. The Morgan fingerprint density at radius 3 is 0.917 bits per heavy atom. The van der Waals surface area contributed by atoms with Gasteiger partial charge in [-0.15, -0.1) is 0 Å². The van der Waals surface area contributed by atoms with Crippen LogP contribution in [0.3, 0.4) is 0 Å². The highest BCUT2D eigenvalue weighted by atomic mass is 16.2. The fraction of sp³-hybridized carbons (Fsp3) is 0. The van der Waals surface area contributed by atoms with Crippen LogP contribution in [0.5, 0.6) is 0 Å². The summed E-state index contributed by atoms with van der Waals surface area (Å²) < 4.78 is 0. The van der Waals surface area contributed by atoms with Crippen molar-refractivity contribution in [3.63, 3.8) is 0 Å². The molecule has 0 saturated carbocycles. The minimum absolute atomic E-state index is 0.572. The molecule has 0 radical (unpaired) electrons. The van der Waals surface area contributed by atoms with Crippen LogP contribution < -0.4 is 32.2 Å². The van der Waals surface area contributed by atoms with Crippen molar-refractivity contribution in [1.82, 2.24) is 0 Å². The zero-order valence-corrected chi connectivity index (χ0v) is 6.05. The molecule has 0 amide bonds. The smallest absolute Gasteiger partial charge is 0.237 e. The maximum Gasteiger partial charge on any atom is 0.237 e. The summed E-state index contributed by atoms with van der Waals surface area (Å²) >= 11 is 0. The summed E-state index contributed by atoms with van der Waals surface area (Å²) in [6.45, 7) is 6.06. The summed E-state index contributed by atoms with van der Waals surface area (Å²) in [4.78, 5) is 43.2. The van der Waals surface area contributed by atoms with Gasteiger partial charge in [-0.1, -0.05) is 13.2 Å². The molecule has 0 aromatic heterocycles. The van der Waals surface area contributed by atoms with Crippen LogP contribution in [0.15, 0.2) is 19.2 Å². The van der Waals surface area contributed by atoms with Gasteiger partial charge in [0.1, 0.15) is 0 Å². The molecule has 0 saturated heterocycles. The first-order chi connectivity index (χ1) is 5.46. The maximum absolute atomic E-state index is 10.8. The summed E-state index contributed by atoms with van der Waals surface area (Å²) in [5.41, 5.74) is -4.15. The van der Waals surface area contributed by atoms with E-state index in [1.165, 1.54) is 0 Å². The van der Waals surface area contributed by atoms with Gasteiger partial charge in [-0.25, -0.2) is 0 Å². The van der Waals surface area contributed by atoms with Crippen molar-refractivity contribution >= 4 is 13.2 Å². The van der Waals surface area contributed by atoms with E-state index in [-0.39, 0.29) is 0 Å². The van der Waals surface area contributed by atoms with Crippen molar-refractivity contribution in [2.75, 3.05) is 0 Å². The monoisotopic (exact) mass is 164 g/mol. The van der Waals surface area contributed by atoms with Gasteiger partial charge < -0.3 is 0 Å². The number of benzene rings is 1. The van der Waals surface area contributed by atoms with E-state index in [1.807, 2.05) is 0 Å². The van der Waals surface area contributed by atoms with Crippen LogP contribution in [0.1, 0.15) is 0 Å². The molecule has 60 valence electrons. The second kappa shape index (κ2) is 2.34. The van der Waals surface area contributed by atoms with Crippen LogP contribution in [-0.2, 0) is 0 Å². The molecule has 1 aromatic carbocycles. The average molecular weight is 164 g/mol. The van der Waals surface area contributed by atoms with Gasteiger partial charge in [0, 0.05) is 0 Å². The van der Waals surface area contributed by atoms with Gasteiger partial charge >= 0.3 is 0 Å². The Balaban J connectivity index is 4.48. The fourth-order valence-corrected chi connectivity index (χ4v) is 0.754. The maximum atomic E-state index is 10.8. The van der Waals surface area contributed by atoms with Gasteiger partial charge in [-0.2, -0.15) is 0 Å². The number of rotatable bonds is 0. The minimum Gasteiger partial charge on any atom is -0.285 e. The third kappa shape index (κ3) is 0.852. The van der Waals surface area contributed by atoms with Crippen molar-refractivity contribution in [2.45, 2.75) is 0 Å². The molecular formula is C8H4O4. The molecule has 0 fully saturated rings. The van der Waals surface area contributed by atoms with Crippen molar-refractivity contribution in [2.24, 2.45) is 0 Å². The molecule has 0 aliphatic carbocycles. The third-order valence-corrected chi connectivity index (χ3v) is 1.51. The van der Waals surface area contributed by atoms with E-state index in [2.05, 4.69) is 13.2 Å². The summed E-state index contributed by atoms with van der Waals surface area (Å²) in [6.07, 6.45) is 0. The van der Waals surface area contributed by atoms with Crippen LogP contribution >= 0.6 is 0 Å². The minimum atomic E-state index is -1.04. The third-order valence-electron chi connectivity index (χ3n) is 1.51. The molecular weight excluding hydrogens is 160 g/mol. The zero-order valence-electron chi connectivity index (χ0n) is 6.05. The Bertz CT molecular complexity index is 432. The summed E-state index contributed by atoms with van der Waals surface area (Å²) in [5.74, 6) is 0. The van der Waals surface area contributed by atoms with Gasteiger partial charge in [0.25, 0.3) is 0 Å². The van der Waals surface area contributed by atoms with Gasteiger partial charge in [0.2, 0.25) is 21.7 Å². The predicted molar refractivity (Wildman–Crippen MR) is 44.2 cm³/mol. The standard InChI is InChI=1S/C8H4O4/c1-3-5(9)7(11)4(2)8(12)6(3)10/h1-2H2. The lowest BCUT2D eigenvalue weighted by molar-refractivity contribution is 1.27. The Labute approximate surface area is 65.4 Å². The second-order valence-corrected chi connectivity index (χ2v) is 2.27. The molecule has 4 nitrogen and oxygen atoms in total. The molecule has 0 aliphatic heterocycles. The van der Waals surface area contributed by atoms with Crippen LogP contribution in [0.2, 0.25) is 0 Å². The summed E-state index contributed by atoms with van der Waals surface area (Å²) in [7, 11) is 0. The lowest BCUT2D eigenvalue weighted by Gasteiger charge is -1.77. The first-order valence-corrected chi connectivity index (χ1v) is 3.02. The second-order valence-electron chi connectivity index (χ2n) is 2.27. The van der Waals surface area contributed by atoms with Gasteiger partial charge in [0.05, 0.1) is 10.4 Å². The number of hydrogen-bond acceptors (Lipinski definition) is 4. The SMILES string of the molecule is C=c1c(=O)c(=O)c(=C)c(=O)c1=O. The fourth-order valence-electron chi connectivity index (χ4n) is 0.754. The predicted octanol–water partition coefficient (Wildman–Crippen LogP) is -3.18. The van der Waals surface area contributed by atoms with Crippen molar-refractivity contribution in [1.29, 1.82) is 0 Å². The van der Waals surface area contributed by atoms with E-state index in [9.17, 15) is 19.2 Å². The van der Waals surface area contributed by atoms with E-state index in [1.54, 1.807) is 0 Å². The van der Waals surface area contributed by atoms with E-state index >= 15 is 0 Å². The normalized spacial score (nSPS) is 10.0. The van der Waals surface area contributed by atoms with E-state index in [0.29, 0.717) is 0 Å². The largest absolute Gasteiger partial charge is 0.285 e. The highest BCUT2D eigenvalue weighted by Crippen LogP contribution is 1.29. The molecule has 0 spiro atoms. The van der Waals surface area contributed by atoms with Crippen LogP contribution in [-0.4, -0.2) is 0 Å². The number of hydrogen-bond donors (Lipinski definition) is 0. The average Bonchev–Trinajstić information content (AvgIpc) is 2.08. The van der Waals surface area contributed by atoms with Crippen LogP contribution in [0.4, 0.5) is 0 Å². The molecule has 0 atom stereocenters. The van der Waals surface area contributed by atoms with Crippen molar-refractivity contribution in [3.8, 4) is 0 Å². The molecule has 1 aromatic rings. The molecule has 0 aliphatic rings. The van der Waals surface area contributed by atoms with E-state index in [4.69, 9.17) is 0 Å². The molecule has 4 heteroatoms. The Morgan fingerprint density at radius 2 is 0.750 bits per heavy atom. The highest BCUT2D eigenvalue weighted by Gasteiger charge is 2.04. The molecule has 0 unspecified atom stereocenters. The topological polar surface area (TPSA) is 68.3 Å². The Kier molecular flexibility index (Phi) is 1.61. The lowest BCUT2D eigenvalue weighted by atomic mass is 10.2. The molecule has 1 rings (SSSR count). The highest BCUT2D eigenvalue weighted by molar-refractivity contribution is 5.15. The van der Waals surface area contributed by atoms with Crippen molar-refractivity contribution in [3.05, 3.63) is 51.3 Å². The van der Waals surface area contributed by atoms with E-state index in [0.717, 1.165) is 0 Å². The van der Waals surface area contributed by atoms with E-state index < -0.39 is 32.2 Å². The van der Waals surface area contributed by atoms with Gasteiger partial charge in [-0.05, 0) is 0 Å². The molecule has 0 bridgehead atoms. The lowest BCUT2D eigenvalue weighted by Crippen LogP contribution is -2.63. The summed E-state index contributed by atoms with van der Waals surface area (Å²) in [6, 6.07) is 0.